The number of aryl methyl sites for hydroxylation is 2. The number of amides is 3. The second-order valence-electron chi connectivity index (χ2n) is 6.23. The summed E-state index contributed by atoms with van der Waals surface area (Å²) in [7, 11) is 0. The maximum atomic E-state index is 11.8. The number of carbonyl (C=O) groups is 3. The second-order valence-corrected chi connectivity index (χ2v) is 6.23. The van der Waals surface area contributed by atoms with Crippen molar-refractivity contribution in [2.75, 3.05) is 0 Å². The molecule has 8 nitrogen and oxygen atoms in total. The number of nitrogens with one attached hydrogen (secondary N) is 3. The van der Waals surface area contributed by atoms with Crippen LogP contribution in [-0.2, 0) is 20.8 Å². The lowest BCUT2D eigenvalue weighted by atomic mass is 10.1. The highest BCUT2D eigenvalue weighted by molar-refractivity contribution is 6.35. The Hall–Kier alpha value is -3.16. The number of hydrazine groups is 1. The van der Waals surface area contributed by atoms with Crippen molar-refractivity contribution in [3.8, 4) is 11.3 Å². The third-order valence-electron chi connectivity index (χ3n) is 3.89. The number of rotatable bonds is 5. The van der Waals surface area contributed by atoms with Crippen molar-refractivity contribution in [2.24, 2.45) is 0 Å². The lowest BCUT2D eigenvalue weighted by Gasteiger charge is -2.06. The number of aromatic nitrogens is 1. The summed E-state index contributed by atoms with van der Waals surface area (Å²) >= 11 is 0. The maximum Gasteiger partial charge on any atom is 0.327 e. The zero-order chi connectivity index (χ0) is 18.5. The smallest absolute Gasteiger partial charge is 0.327 e. The molecule has 1 aliphatic rings. The topological polar surface area (TPSA) is 113 Å². The van der Waals surface area contributed by atoms with Crippen LogP contribution in [-0.4, -0.2) is 28.7 Å². The number of hydrogen-bond acceptors (Lipinski definition) is 5. The summed E-state index contributed by atoms with van der Waals surface area (Å²) in [4.78, 5) is 38.9. The fourth-order valence-corrected chi connectivity index (χ4v) is 2.22. The van der Waals surface area contributed by atoms with E-state index in [0.717, 1.165) is 24.0 Å². The van der Waals surface area contributed by atoms with E-state index >= 15 is 0 Å². The number of benzene rings is 1. The lowest BCUT2D eigenvalue weighted by molar-refractivity contribution is -0.141. The first kappa shape index (κ1) is 17.7. The molecule has 1 fully saturated rings. The second kappa shape index (κ2) is 7.81. The highest BCUT2D eigenvalue weighted by atomic mass is 16.4. The van der Waals surface area contributed by atoms with Crippen molar-refractivity contribution >= 4 is 17.7 Å². The fraction of sp³-hybridized carbons (Fsp3) is 0.333. The van der Waals surface area contributed by atoms with Crippen LogP contribution in [0.5, 0.6) is 0 Å². The van der Waals surface area contributed by atoms with Crippen LogP contribution in [0, 0.1) is 6.92 Å². The summed E-state index contributed by atoms with van der Waals surface area (Å²) in [6, 6.07) is 7.92. The Morgan fingerprint density at radius 2 is 1.85 bits per heavy atom. The van der Waals surface area contributed by atoms with Gasteiger partial charge in [-0.05, 0) is 19.8 Å². The molecule has 1 aliphatic carbocycles. The molecular weight excluding hydrogens is 336 g/mol. The van der Waals surface area contributed by atoms with Crippen LogP contribution >= 0.6 is 0 Å². The molecule has 8 heteroatoms. The number of carbonyl (C=O) groups excluding carboxylic acids is 3. The number of hydrogen-bond donors (Lipinski definition) is 3. The third kappa shape index (κ3) is 4.92. The first-order valence-corrected chi connectivity index (χ1v) is 8.42. The van der Waals surface area contributed by atoms with Crippen molar-refractivity contribution in [3.63, 3.8) is 0 Å². The normalized spacial score (nSPS) is 13.1. The average molecular weight is 356 g/mol. The molecule has 0 unspecified atom stereocenters. The summed E-state index contributed by atoms with van der Waals surface area (Å²) in [5, 5.41) is 2.53. The molecule has 1 heterocycles. The molecule has 1 saturated carbocycles. The fourth-order valence-electron chi connectivity index (χ4n) is 2.22. The SMILES string of the molecule is Cc1ccc(-c2cnc(CCC(=O)NNC(=O)C(=O)NC3CC3)o2)cc1. The zero-order valence-electron chi connectivity index (χ0n) is 14.4. The molecular formula is C18H20N4O4. The van der Waals surface area contributed by atoms with E-state index < -0.39 is 17.7 Å². The molecule has 0 spiro atoms. The van der Waals surface area contributed by atoms with E-state index in [2.05, 4.69) is 21.2 Å². The van der Waals surface area contributed by atoms with Gasteiger partial charge in [-0.2, -0.15) is 0 Å². The number of nitrogens with zero attached hydrogens (tertiary/aromatic N) is 1. The van der Waals surface area contributed by atoms with Crippen LogP contribution in [0.4, 0.5) is 0 Å². The zero-order valence-corrected chi connectivity index (χ0v) is 14.4. The van der Waals surface area contributed by atoms with Gasteiger partial charge in [0.1, 0.15) is 0 Å². The highest BCUT2D eigenvalue weighted by Crippen LogP contribution is 2.21. The molecule has 2 aromatic rings. The maximum absolute atomic E-state index is 11.8. The van der Waals surface area contributed by atoms with E-state index in [-0.39, 0.29) is 18.9 Å². The molecule has 136 valence electrons. The quantitative estimate of drug-likeness (QED) is 0.546. The lowest BCUT2D eigenvalue weighted by Crippen LogP contribution is -2.49. The van der Waals surface area contributed by atoms with E-state index in [4.69, 9.17) is 4.42 Å². The minimum absolute atomic E-state index is 0.0678. The van der Waals surface area contributed by atoms with Gasteiger partial charge in [-0.1, -0.05) is 29.8 Å². The Labute approximate surface area is 150 Å². The molecule has 0 atom stereocenters. The van der Waals surface area contributed by atoms with Gasteiger partial charge in [0.2, 0.25) is 5.91 Å². The summed E-state index contributed by atoms with van der Waals surface area (Å²) in [5.74, 6) is -1.02. The van der Waals surface area contributed by atoms with Gasteiger partial charge >= 0.3 is 11.8 Å². The first-order valence-electron chi connectivity index (χ1n) is 8.42. The largest absolute Gasteiger partial charge is 0.441 e. The van der Waals surface area contributed by atoms with E-state index in [1.807, 2.05) is 31.2 Å². The van der Waals surface area contributed by atoms with Gasteiger partial charge in [0, 0.05) is 24.4 Å². The van der Waals surface area contributed by atoms with Crippen molar-refractivity contribution in [3.05, 3.63) is 41.9 Å². The first-order chi connectivity index (χ1) is 12.5. The van der Waals surface area contributed by atoms with Crippen molar-refractivity contribution in [2.45, 2.75) is 38.6 Å². The van der Waals surface area contributed by atoms with Crippen LogP contribution in [0.25, 0.3) is 11.3 Å². The van der Waals surface area contributed by atoms with Crippen LogP contribution in [0.3, 0.4) is 0 Å². The molecule has 1 aromatic heterocycles. The van der Waals surface area contributed by atoms with Gasteiger partial charge in [-0.15, -0.1) is 0 Å². The Bertz CT molecular complexity index is 809. The number of oxazole rings is 1. The van der Waals surface area contributed by atoms with Gasteiger partial charge in [0.05, 0.1) is 6.20 Å². The minimum Gasteiger partial charge on any atom is -0.441 e. The van der Waals surface area contributed by atoms with Gasteiger partial charge in [0.25, 0.3) is 0 Å². The van der Waals surface area contributed by atoms with E-state index in [1.54, 1.807) is 6.20 Å². The minimum atomic E-state index is -0.886. The van der Waals surface area contributed by atoms with Crippen LogP contribution < -0.4 is 16.2 Å². The van der Waals surface area contributed by atoms with E-state index in [9.17, 15) is 14.4 Å². The van der Waals surface area contributed by atoms with Crippen molar-refractivity contribution in [1.82, 2.24) is 21.2 Å². The van der Waals surface area contributed by atoms with Gasteiger partial charge in [-0.25, -0.2) is 4.98 Å². The predicted molar refractivity (Wildman–Crippen MR) is 92.4 cm³/mol. The summed E-state index contributed by atoms with van der Waals surface area (Å²) < 4.78 is 5.63. The van der Waals surface area contributed by atoms with E-state index in [0.29, 0.717) is 11.7 Å². The highest BCUT2D eigenvalue weighted by Gasteiger charge is 2.26. The van der Waals surface area contributed by atoms with Crippen molar-refractivity contribution in [1.29, 1.82) is 0 Å². The van der Waals surface area contributed by atoms with Crippen LogP contribution in [0.15, 0.2) is 34.9 Å². The summed E-state index contributed by atoms with van der Waals surface area (Å²) in [5.41, 5.74) is 6.35. The van der Waals surface area contributed by atoms with Gasteiger partial charge < -0.3 is 9.73 Å². The molecule has 3 rings (SSSR count). The molecule has 0 aliphatic heterocycles. The van der Waals surface area contributed by atoms with Gasteiger partial charge in [-0.3, -0.25) is 25.2 Å². The molecule has 1 aromatic carbocycles. The van der Waals surface area contributed by atoms with Crippen LogP contribution in [0.2, 0.25) is 0 Å². The van der Waals surface area contributed by atoms with Gasteiger partial charge in [0.15, 0.2) is 11.7 Å². The molecule has 3 N–H and O–H groups in total. The Morgan fingerprint density at radius 1 is 1.12 bits per heavy atom. The Morgan fingerprint density at radius 3 is 2.54 bits per heavy atom. The summed E-state index contributed by atoms with van der Waals surface area (Å²) in [6.45, 7) is 2.00. The standard InChI is InChI=1S/C18H20N4O4/c1-11-2-4-12(5-3-11)14-10-19-16(26-14)9-8-15(23)21-22-18(25)17(24)20-13-6-7-13/h2-5,10,13H,6-9H2,1H3,(H,20,24)(H,21,23)(H,22,25). The average Bonchev–Trinajstić information content (AvgIpc) is 3.32. The molecule has 3 amide bonds. The van der Waals surface area contributed by atoms with Crippen LogP contribution in [0.1, 0.15) is 30.7 Å². The molecule has 26 heavy (non-hydrogen) atoms. The predicted octanol–water partition coefficient (Wildman–Crippen LogP) is 1.01. The molecule has 0 radical (unpaired) electrons. The molecule has 0 bridgehead atoms. The third-order valence-corrected chi connectivity index (χ3v) is 3.89. The summed E-state index contributed by atoms with van der Waals surface area (Å²) in [6.07, 6.45) is 3.72. The molecule has 0 saturated heterocycles. The Balaban J connectivity index is 1.42. The Kier molecular flexibility index (Phi) is 5.31. The van der Waals surface area contributed by atoms with E-state index in [1.165, 1.54) is 0 Å². The van der Waals surface area contributed by atoms with Crippen molar-refractivity contribution < 1.29 is 18.8 Å². The monoisotopic (exact) mass is 356 g/mol.